The molecule has 126 valence electrons. The Morgan fingerprint density at radius 3 is 2.17 bits per heavy atom. The molecule has 0 fully saturated rings. The summed E-state index contributed by atoms with van der Waals surface area (Å²) in [6.07, 6.45) is -5.13. The zero-order valence-electron chi connectivity index (χ0n) is 11.7. The van der Waals surface area contributed by atoms with Gasteiger partial charge in [-0.05, 0) is 42.5 Å². The third-order valence-electron chi connectivity index (χ3n) is 2.78. The van der Waals surface area contributed by atoms with E-state index in [1.54, 1.807) is 12.1 Å². The third kappa shape index (κ3) is 4.39. The molecule has 0 atom stereocenters. The Morgan fingerprint density at radius 2 is 1.62 bits per heavy atom. The number of alkyl halides is 3. The minimum Gasteiger partial charge on any atom is -0.478 e. The van der Waals surface area contributed by atoms with E-state index in [2.05, 4.69) is 0 Å². The molecule has 0 aliphatic heterocycles. The Morgan fingerprint density at radius 1 is 1.04 bits per heavy atom. The van der Waals surface area contributed by atoms with E-state index in [4.69, 9.17) is 21.4 Å². The van der Waals surface area contributed by atoms with Gasteiger partial charge in [0.1, 0.15) is 11.5 Å². The monoisotopic (exact) mass is 359 g/mol. The van der Waals surface area contributed by atoms with Gasteiger partial charge in [-0.2, -0.15) is 13.2 Å². The number of carbonyl (C=O) groups excluding carboxylic acids is 1. The number of halogens is 4. The average molecular weight is 360 g/mol. The van der Waals surface area contributed by atoms with Crippen molar-refractivity contribution in [2.24, 2.45) is 0 Å². The molecule has 0 aliphatic rings. The number of rotatable bonds is 4. The summed E-state index contributed by atoms with van der Waals surface area (Å²) in [5.74, 6) is -3.37. The fourth-order valence-corrected chi connectivity index (χ4v) is 1.83. The van der Waals surface area contributed by atoms with Crippen molar-refractivity contribution in [2.75, 3.05) is 5.32 Å². The van der Waals surface area contributed by atoms with Crippen LogP contribution >= 0.6 is 11.6 Å². The van der Waals surface area contributed by atoms with E-state index in [0.717, 1.165) is 12.1 Å². The number of carboxylic acid groups (broad SMARTS) is 1. The molecule has 24 heavy (non-hydrogen) atoms. The summed E-state index contributed by atoms with van der Waals surface area (Å²) in [6.45, 7) is 0. The van der Waals surface area contributed by atoms with Crippen LogP contribution in [0, 0.1) is 0 Å². The second-order valence-electron chi connectivity index (χ2n) is 4.52. The van der Waals surface area contributed by atoms with Crippen LogP contribution in [0.2, 0.25) is 5.02 Å². The van der Waals surface area contributed by atoms with Crippen molar-refractivity contribution >= 4 is 29.2 Å². The van der Waals surface area contributed by atoms with E-state index in [-0.39, 0.29) is 5.75 Å². The normalized spacial score (nSPS) is 11.0. The van der Waals surface area contributed by atoms with E-state index in [1.807, 2.05) is 0 Å². The minimum atomic E-state index is -5.13. The van der Waals surface area contributed by atoms with Gasteiger partial charge in [0.15, 0.2) is 0 Å². The summed E-state index contributed by atoms with van der Waals surface area (Å²) < 4.78 is 42.2. The van der Waals surface area contributed by atoms with Crippen molar-refractivity contribution < 1.29 is 32.6 Å². The van der Waals surface area contributed by atoms with Gasteiger partial charge >= 0.3 is 18.1 Å². The highest BCUT2D eigenvalue weighted by Crippen LogP contribution is 2.28. The number of carboxylic acids is 1. The zero-order chi connectivity index (χ0) is 17.9. The first-order valence-corrected chi connectivity index (χ1v) is 6.73. The molecule has 0 bridgehead atoms. The molecule has 0 aromatic heterocycles. The number of amides is 1. The molecule has 0 aliphatic carbocycles. The largest absolute Gasteiger partial charge is 0.478 e. The van der Waals surface area contributed by atoms with Crippen LogP contribution in [0.1, 0.15) is 10.4 Å². The summed E-state index contributed by atoms with van der Waals surface area (Å²) in [7, 11) is 0. The average Bonchev–Trinajstić information content (AvgIpc) is 2.50. The maximum atomic E-state index is 12.3. The van der Waals surface area contributed by atoms with Crippen molar-refractivity contribution in [1.82, 2.24) is 0 Å². The fourth-order valence-electron chi connectivity index (χ4n) is 1.70. The van der Waals surface area contributed by atoms with Gasteiger partial charge < -0.3 is 15.2 Å². The highest BCUT2D eigenvalue weighted by atomic mass is 35.5. The van der Waals surface area contributed by atoms with Gasteiger partial charge in [-0.3, -0.25) is 4.79 Å². The van der Waals surface area contributed by atoms with Crippen LogP contribution in [0.3, 0.4) is 0 Å². The molecule has 0 heterocycles. The van der Waals surface area contributed by atoms with Crippen molar-refractivity contribution in [3.8, 4) is 11.5 Å². The minimum absolute atomic E-state index is 0.0692. The van der Waals surface area contributed by atoms with Crippen molar-refractivity contribution in [2.45, 2.75) is 6.18 Å². The fraction of sp³-hybridized carbons (Fsp3) is 0.0667. The van der Waals surface area contributed by atoms with E-state index in [1.165, 1.54) is 23.5 Å². The van der Waals surface area contributed by atoms with Crippen LogP contribution in [0.4, 0.5) is 18.9 Å². The molecular formula is C15H9ClF3NO4. The zero-order valence-corrected chi connectivity index (χ0v) is 12.5. The lowest BCUT2D eigenvalue weighted by atomic mass is 10.1. The lowest BCUT2D eigenvalue weighted by molar-refractivity contribution is -0.167. The molecule has 2 rings (SSSR count). The molecular weight excluding hydrogens is 351 g/mol. The predicted molar refractivity (Wildman–Crippen MR) is 79.6 cm³/mol. The molecule has 2 aromatic rings. The van der Waals surface area contributed by atoms with E-state index in [0.29, 0.717) is 10.8 Å². The van der Waals surface area contributed by atoms with Gasteiger partial charge in [0.25, 0.3) is 0 Å². The van der Waals surface area contributed by atoms with Crippen molar-refractivity contribution in [1.29, 1.82) is 0 Å². The first-order valence-electron chi connectivity index (χ1n) is 6.36. The van der Waals surface area contributed by atoms with Crippen LogP contribution in [-0.4, -0.2) is 23.2 Å². The number of nitrogens with one attached hydrogen (secondary N) is 1. The quantitative estimate of drug-likeness (QED) is 0.852. The van der Waals surface area contributed by atoms with Crippen LogP contribution in [0.25, 0.3) is 0 Å². The molecule has 0 saturated carbocycles. The van der Waals surface area contributed by atoms with Gasteiger partial charge in [-0.25, -0.2) is 4.79 Å². The molecule has 0 unspecified atom stereocenters. The maximum absolute atomic E-state index is 12.3. The topological polar surface area (TPSA) is 75.6 Å². The van der Waals surface area contributed by atoms with E-state index in [9.17, 15) is 22.8 Å². The Kier molecular flexibility index (Phi) is 4.99. The molecule has 0 saturated heterocycles. The SMILES string of the molecule is O=C(O)c1cc(Oc2ccc(Cl)cc2)ccc1NC(=O)C(F)(F)F. The van der Waals surface area contributed by atoms with Gasteiger partial charge in [-0.1, -0.05) is 11.6 Å². The molecule has 2 aromatic carbocycles. The van der Waals surface area contributed by atoms with Crippen LogP contribution in [-0.2, 0) is 4.79 Å². The van der Waals surface area contributed by atoms with E-state index >= 15 is 0 Å². The number of benzene rings is 2. The second-order valence-corrected chi connectivity index (χ2v) is 4.96. The summed E-state index contributed by atoms with van der Waals surface area (Å²) in [4.78, 5) is 22.1. The third-order valence-corrected chi connectivity index (χ3v) is 3.03. The van der Waals surface area contributed by atoms with Gasteiger partial charge in [0.05, 0.1) is 11.3 Å². The standard InChI is InChI=1S/C15H9ClF3NO4/c16-8-1-3-9(4-2-8)24-10-5-6-12(11(7-10)13(21)22)20-14(23)15(17,18)19/h1-7H,(H,20,23)(H,21,22). The van der Waals surface area contributed by atoms with Crippen molar-refractivity contribution in [3.63, 3.8) is 0 Å². The first kappa shape index (κ1) is 17.6. The lowest BCUT2D eigenvalue weighted by Crippen LogP contribution is -2.30. The summed E-state index contributed by atoms with van der Waals surface area (Å²) in [5, 5.41) is 11.1. The van der Waals surface area contributed by atoms with Crippen LogP contribution in [0.15, 0.2) is 42.5 Å². The highest BCUT2D eigenvalue weighted by molar-refractivity contribution is 6.30. The number of ether oxygens (including phenoxy) is 1. The Labute approximate surface area is 138 Å². The Balaban J connectivity index is 2.27. The van der Waals surface area contributed by atoms with E-state index < -0.39 is 29.3 Å². The molecule has 5 nitrogen and oxygen atoms in total. The van der Waals surface area contributed by atoms with Crippen molar-refractivity contribution in [3.05, 3.63) is 53.1 Å². The highest BCUT2D eigenvalue weighted by Gasteiger charge is 2.39. The number of anilines is 1. The number of carbonyl (C=O) groups is 2. The number of hydrogen-bond acceptors (Lipinski definition) is 3. The summed E-state index contributed by atoms with van der Waals surface area (Å²) in [5.41, 5.74) is -1.03. The molecule has 0 spiro atoms. The molecule has 0 radical (unpaired) electrons. The number of hydrogen-bond donors (Lipinski definition) is 2. The van der Waals surface area contributed by atoms with Gasteiger partial charge in [-0.15, -0.1) is 0 Å². The molecule has 9 heteroatoms. The lowest BCUT2D eigenvalue weighted by Gasteiger charge is -2.12. The van der Waals surface area contributed by atoms with Gasteiger partial charge in [0.2, 0.25) is 0 Å². The number of aromatic carboxylic acids is 1. The summed E-state index contributed by atoms with van der Waals surface area (Å²) >= 11 is 5.72. The first-order chi connectivity index (χ1) is 11.2. The maximum Gasteiger partial charge on any atom is 0.471 e. The predicted octanol–water partition coefficient (Wildman–Crippen LogP) is 4.33. The second kappa shape index (κ2) is 6.79. The smallest absolute Gasteiger partial charge is 0.471 e. The Bertz CT molecular complexity index is 775. The van der Waals surface area contributed by atoms with Crippen LogP contribution < -0.4 is 10.1 Å². The molecule has 2 N–H and O–H groups in total. The summed E-state index contributed by atoms with van der Waals surface area (Å²) in [6, 6.07) is 9.40. The van der Waals surface area contributed by atoms with Gasteiger partial charge in [0, 0.05) is 5.02 Å². The Hall–Kier alpha value is -2.74. The molecule has 1 amide bonds. The van der Waals surface area contributed by atoms with Crippen LogP contribution in [0.5, 0.6) is 11.5 Å².